The normalized spacial score (nSPS) is 12.4. The van der Waals surface area contributed by atoms with Gasteiger partial charge in [-0.2, -0.15) is 0 Å². The summed E-state index contributed by atoms with van der Waals surface area (Å²) in [5, 5.41) is 3.28. The van der Waals surface area contributed by atoms with E-state index < -0.39 is 0 Å². The van der Waals surface area contributed by atoms with Gasteiger partial charge in [0.15, 0.2) is 0 Å². The van der Waals surface area contributed by atoms with Gasteiger partial charge in [-0.05, 0) is 55.8 Å². The fraction of sp³-hybridized carbons (Fsp3) is 0.294. The molecule has 2 rings (SSSR count). The largest absolute Gasteiger partial charge is 0.310 e. The van der Waals surface area contributed by atoms with Gasteiger partial charge in [0.05, 0.1) is 0 Å². The van der Waals surface area contributed by atoms with E-state index in [1.54, 1.807) is 37.3 Å². The van der Waals surface area contributed by atoms with E-state index in [1.165, 1.54) is 17.8 Å². The number of benzene rings is 2. The molecule has 0 amide bonds. The van der Waals surface area contributed by atoms with E-state index in [-0.39, 0.29) is 17.7 Å². The Morgan fingerprint density at radius 1 is 1.10 bits per heavy atom. The van der Waals surface area contributed by atoms with Crippen LogP contribution in [0.5, 0.6) is 0 Å². The molecule has 0 saturated carbocycles. The smallest absolute Gasteiger partial charge is 0.137 e. The van der Waals surface area contributed by atoms with Crippen LogP contribution in [0.3, 0.4) is 0 Å². The molecule has 1 unspecified atom stereocenters. The molecular weight excluding hydrogens is 288 g/mol. The molecule has 0 radical (unpaired) electrons. The van der Waals surface area contributed by atoms with Crippen molar-refractivity contribution in [3.63, 3.8) is 0 Å². The summed E-state index contributed by atoms with van der Waals surface area (Å²) in [5.74, 6) is -0.487. The van der Waals surface area contributed by atoms with Gasteiger partial charge in [-0.25, -0.2) is 8.78 Å². The first-order valence-corrected chi connectivity index (χ1v) is 7.80. The monoisotopic (exact) mass is 307 g/mol. The molecule has 4 heteroatoms. The zero-order valence-corrected chi connectivity index (χ0v) is 13.2. The van der Waals surface area contributed by atoms with E-state index in [9.17, 15) is 8.78 Å². The van der Waals surface area contributed by atoms with Crippen LogP contribution < -0.4 is 5.32 Å². The molecule has 1 nitrogen and oxygen atoms in total. The minimum absolute atomic E-state index is 0.0133. The van der Waals surface area contributed by atoms with Crippen molar-refractivity contribution in [3.05, 3.63) is 59.2 Å². The molecule has 21 heavy (non-hydrogen) atoms. The second kappa shape index (κ2) is 7.05. The molecule has 2 aromatic carbocycles. The molecule has 112 valence electrons. The predicted octanol–water partition coefficient (Wildman–Crippen LogP) is 5.09. The molecule has 1 N–H and O–H groups in total. The standard InChI is InChI=1S/C17H19F2NS/c1-4-20-12(3)13-10-15(19)11(2)9-17(13)21-16-8-6-5-7-14(16)18/h5-10,12,20H,4H2,1-3H3. The topological polar surface area (TPSA) is 12.0 Å². The number of nitrogens with one attached hydrogen (secondary N) is 1. The van der Waals surface area contributed by atoms with Crippen molar-refractivity contribution in [2.45, 2.75) is 36.6 Å². The van der Waals surface area contributed by atoms with E-state index in [0.29, 0.717) is 10.5 Å². The van der Waals surface area contributed by atoms with E-state index in [0.717, 1.165) is 17.0 Å². The van der Waals surface area contributed by atoms with Crippen molar-refractivity contribution in [3.8, 4) is 0 Å². The van der Waals surface area contributed by atoms with Crippen molar-refractivity contribution in [1.82, 2.24) is 5.32 Å². The Morgan fingerprint density at radius 2 is 1.81 bits per heavy atom. The third kappa shape index (κ3) is 3.83. The Bertz CT molecular complexity index is 628. The lowest BCUT2D eigenvalue weighted by Gasteiger charge is -2.18. The molecule has 0 bridgehead atoms. The van der Waals surface area contributed by atoms with E-state index in [2.05, 4.69) is 5.32 Å². The van der Waals surface area contributed by atoms with Gasteiger partial charge in [0.25, 0.3) is 0 Å². The zero-order chi connectivity index (χ0) is 15.4. The third-order valence-corrected chi connectivity index (χ3v) is 4.45. The van der Waals surface area contributed by atoms with Crippen molar-refractivity contribution in [2.24, 2.45) is 0 Å². The fourth-order valence-electron chi connectivity index (χ4n) is 2.16. The van der Waals surface area contributed by atoms with Gasteiger partial charge in [0.1, 0.15) is 11.6 Å². The summed E-state index contributed by atoms with van der Waals surface area (Å²) >= 11 is 1.34. The first-order valence-electron chi connectivity index (χ1n) is 6.98. The summed E-state index contributed by atoms with van der Waals surface area (Å²) < 4.78 is 27.7. The van der Waals surface area contributed by atoms with Gasteiger partial charge in [-0.15, -0.1) is 0 Å². The number of hydrogen-bond donors (Lipinski definition) is 1. The van der Waals surface area contributed by atoms with Crippen molar-refractivity contribution < 1.29 is 8.78 Å². The molecule has 0 aliphatic rings. The number of aryl methyl sites for hydroxylation is 1. The molecule has 0 spiro atoms. The average molecular weight is 307 g/mol. The second-order valence-electron chi connectivity index (χ2n) is 4.95. The van der Waals surface area contributed by atoms with Gasteiger partial charge in [0.2, 0.25) is 0 Å². The Hall–Kier alpha value is -1.39. The van der Waals surface area contributed by atoms with Crippen LogP contribution in [0.15, 0.2) is 46.2 Å². The van der Waals surface area contributed by atoms with Crippen LogP contribution >= 0.6 is 11.8 Å². The van der Waals surface area contributed by atoms with Crippen molar-refractivity contribution in [2.75, 3.05) is 6.54 Å². The minimum Gasteiger partial charge on any atom is -0.310 e. The highest BCUT2D eigenvalue weighted by molar-refractivity contribution is 7.99. The van der Waals surface area contributed by atoms with Crippen LogP contribution in [-0.2, 0) is 0 Å². The highest BCUT2D eigenvalue weighted by atomic mass is 32.2. The minimum atomic E-state index is -0.258. The Balaban J connectivity index is 2.41. The first-order chi connectivity index (χ1) is 10.0. The molecule has 2 aromatic rings. The summed E-state index contributed by atoms with van der Waals surface area (Å²) in [6.45, 7) is 6.51. The van der Waals surface area contributed by atoms with Gasteiger partial charge in [0, 0.05) is 15.8 Å². The molecule has 0 aromatic heterocycles. The molecule has 0 fully saturated rings. The maximum Gasteiger partial charge on any atom is 0.137 e. The van der Waals surface area contributed by atoms with Crippen molar-refractivity contribution in [1.29, 1.82) is 0 Å². The van der Waals surface area contributed by atoms with Crippen LogP contribution in [0.25, 0.3) is 0 Å². The molecular formula is C17H19F2NS. The van der Waals surface area contributed by atoms with Crippen LogP contribution in [0, 0.1) is 18.6 Å². The quantitative estimate of drug-likeness (QED) is 0.825. The summed E-state index contributed by atoms with van der Waals surface area (Å²) in [7, 11) is 0. The molecule has 0 aliphatic heterocycles. The summed E-state index contributed by atoms with van der Waals surface area (Å²) in [6, 6.07) is 9.99. The lowest BCUT2D eigenvalue weighted by Crippen LogP contribution is -2.18. The van der Waals surface area contributed by atoms with E-state index in [1.807, 2.05) is 13.8 Å². The molecule has 0 heterocycles. The van der Waals surface area contributed by atoms with Gasteiger partial charge in [-0.1, -0.05) is 30.8 Å². The Kier molecular flexibility index (Phi) is 5.37. The highest BCUT2D eigenvalue weighted by Gasteiger charge is 2.15. The maximum absolute atomic E-state index is 13.9. The number of hydrogen-bond acceptors (Lipinski definition) is 2. The summed E-state index contributed by atoms with van der Waals surface area (Å²) in [5.41, 5.74) is 1.43. The van der Waals surface area contributed by atoms with Crippen LogP contribution in [0.1, 0.15) is 31.0 Å². The molecule has 0 aliphatic carbocycles. The first kappa shape index (κ1) is 16.0. The SMILES string of the molecule is CCNC(C)c1cc(F)c(C)cc1Sc1ccccc1F. The number of halogens is 2. The van der Waals surface area contributed by atoms with E-state index in [4.69, 9.17) is 0 Å². The predicted molar refractivity (Wildman–Crippen MR) is 83.8 cm³/mol. The van der Waals surface area contributed by atoms with Gasteiger partial charge >= 0.3 is 0 Å². The molecule has 0 saturated heterocycles. The van der Waals surface area contributed by atoms with Gasteiger partial charge in [-0.3, -0.25) is 0 Å². The lowest BCUT2D eigenvalue weighted by molar-refractivity contribution is 0.570. The Morgan fingerprint density at radius 3 is 2.48 bits per heavy atom. The van der Waals surface area contributed by atoms with Crippen LogP contribution in [0.4, 0.5) is 8.78 Å². The zero-order valence-electron chi connectivity index (χ0n) is 12.4. The van der Waals surface area contributed by atoms with Crippen LogP contribution in [0.2, 0.25) is 0 Å². The number of rotatable bonds is 5. The average Bonchev–Trinajstić information content (AvgIpc) is 2.45. The van der Waals surface area contributed by atoms with Crippen LogP contribution in [-0.4, -0.2) is 6.54 Å². The Labute approximate surface area is 128 Å². The lowest BCUT2D eigenvalue weighted by atomic mass is 10.1. The second-order valence-corrected chi connectivity index (χ2v) is 6.03. The summed E-state index contributed by atoms with van der Waals surface area (Å²) in [4.78, 5) is 1.43. The van der Waals surface area contributed by atoms with Crippen molar-refractivity contribution >= 4 is 11.8 Å². The summed E-state index contributed by atoms with van der Waals surface area (Å²) in [6.07, 6.45) is 0. The highest BCUT2D eigenvalue weighted by Crippen LogP contribution is 2.36. The van der Waals surface area contributed by atoms with E-state index >= 15 is 0 Å². The molecule has 1 atom stereocenters. The third-order valence-electron chi connectivity index (χ3n) is 3.32. The maximum atomic E-state index is 13.9. The van der Waals surface area contributed by atoms with Gasteiger partial charge < -0.3 is 5.32 Å². The fourth-order valence-corrected chi connectivity index (χ4v) is 3.30.